The molecule has 0 radical (unpaired) electrons. The Kier molecular flexibility index (Phi) is 5.48. The van der Waals surface area contributed by atoms with E-state index in [4.69, 9.17) is 18.3 Å². The van der Waals surface area contributed by atoms with Gasteiger partial charge in [0.25, 0.3) is 5.89 Å². The largest absolute Gasteiger partial charge is 0.465 e. The van der Waals surface area contributed by atoms with Crippen LogP contribution in [0.15, 0.2) is 87.2 Å². The molecule has 2 aromatic heterocycles. The number of benzene rings is 1. The molecule has 4 rings (SSSR count). The van der Waals surface area contributed by atoms with Crippen molar-refractivity contribution < 1.29 is 27.9 Å². The third kappa shape index (κ3) is 3.88. The van der Waals surface area contributed by atoms with Crippen LogP contribution < -0.4 is 4.90 Å². The number of aromatic nitrogens is 2. The van der Waals surface area contributed by atoms with E-state index in [9.17, 15) is 9.59 Å². The van der Waals surface area contributed by atoms with Crippen molar-refractivity contribution in [2.45, 2.75) is 0 Å². The second-order valence-electron chi connectivity index (χ2n) is 6.25. The molecule has 31 heavy (non-hydrogen) atoms. The van der Waals surface area contributed by atoms with E-state index < -0.39 is 11.9 Å². The summed E-state index contributed by atoms with van der Waals surface area (Å²) in [7, 11) is 2.49. The topological polar surface area (TPSA) is 108 Å². The predicted molar refractivity (Wildman–Crippen MR) is 109 cm³/mol. The van der Waals surface area contributed by atoms with Gasteiger partial charge in [-0.25, -0.2) is 9.59 Å². The van der Waals surface area contributed by atoms with E-state index in [-0.39, 0.29) is 17.2 Å². The van der Waals surface area contributed by atoms with E-state index in [0.717, 1.165) is 0 Å². The molecule has 0 fully saturated rings. The quantitative estimate of drug-likeness (QED) is 0.574. The van der Waals surface area contributed by atoms with Gasteiger partial charge in [-0.1, -0.05) is 6.08 Å². The minimum absolute atomic E-state index is 0.0324. The summed E-state index contributed by atoms with van der Waals surface area (Å²) in [4.78, 5) is 26.3. The summed E-state index contributed by atoms with van der Waals surface area (Å²) < 4.78 is 20.6. The number of hydrogen-bond acceptors (Lipinski definition) is 9. The highest BCUT2D eigenvalue weighted by Gasteiger charge is 2.27. The van der Waals surface area contributed by atoms with Crippen LogP contribution in [0.1, 0.15) is 0 Å². The van der Waals surface area contributed by atoms with Gasteiger partial charge in [0.15, 0.2) is 5.76 Å². The molecule has 0 aliphatic carbocycles. The van der Waals surface area contributed by atoms with Gasteiger partial charge in [0.1, 0.15) is 5.70 Å². The molecule has 0 N–H and O–H groups in total. The monoisotopic (exact) mass is 419 g/mol. The van der Waals surface area contributed by atoms with Crippen LogP contribution in [0.4, 0.5) is 5.69 Å². The highest BCUT2D eigenvalue weighted by Crippen LogP contribution is 2.29. The zero-order chi connectivity index (χ0) is 21.8. The lowest BCUT2D eigenvalue weighted by Crippen LogP contribution is -2.26. The predicted octanol–water partition coefficient (Wildman–Crippen LogP) is 3.49. The van der Waals surface area contributed by atoms with Crippen molar-refractivity contribution in [2.75, 3.05) is 19.1 Å². The Morgan fingerprint density at radius 2 is 1.68 bits per heavy atom. The van der Waals surface area contributed by atoms with Gasteiger partial charge in [-0.05, 0) is 48.6 Å². The molecule has 0 amide bonds. The lowest BCUT2D eigenvalue weighted by Gasteiger charge is -2.23. The SMILES string of the molecule is COC(=O)C1=C(C(=O)OC)N(c2ccc(-c3nnc(-c4ccco4)o3)cc2)C=CC=C1. The van der Waals surface area contributed by atoms with Crippen LogP contribution in [-0.2, 0) is 19.1 Å². The average Bonchev–Trinajstić information content (AvgIpc) is 3.46. The normalized spacial score (nSPS) is 13.3. The maximum atomic E-state index is 12.5. The Labute approximate surface area is 176 Å². The molecule has 1 aromatic carbocycles. The fourth-order valence-corrected chi connectivity index (χ4v) is 2.97. The first-order chi connectivity index (χ1) is 15.1. The van der Waals surface area contributed by atoms with E-state index in [1.54, 1.807) is 59.7 Å². The van der Waals surface area contributed by atoms with Gasteiger partial charge in [-0.15, -0.1) is 10.2 Å². The van der Waals surface area contributed by atoms with E-state index in [1.165, 1.54) is 26.6 Å². The number of nitrogens with zero attached hydrogens (tertiary/aromatic N) is 3. The maximum Gasteiger partial charge on any atom is 0.355 e. The van der Waals surface area contributed by atoms with Gasteiger partial charge in [0, 0.05) is 17.5 Å². The summed E-state index contributed by atoms with van der Waals surface area (Å²) >= 11 is 0. The van der Waals surface area contributed by atoms with Crippen LogP contribution >= 0.6 is 0 Å². The number of esters is 2. The molecule has 0 bridgehead atoms. The lowest BCUT2D eigenvalue weighted by atomic mass is 10.1. The molecule has 0 atom stereocenters. The van der Waals surface area contributed by atoms with Gasteiger partial charge in [-0.2, -0.15) is 0 Å². The number of hydrogen-bond donors (Lipinski definition) is 0. The Morgan fingerprint density at radius 1 is 0.935 bits per heavy atom. The van der Waals surface area contributed by atoms with Crippen LogP contribution in [0.5, 0.6) is 0 Å². The average molecular weight is 419 g/mol. The molecule has 9 heteroatoms. The number of carbonyl (C=O) groups is 2. The summed E-state index contributed by atoms with van der Waals surface area (Å²) in [6, 6.07) is 10.5. The van der Waals surface area contributed by atoms with E-state index >= 15 is 0 Å². The van der Waals surface area contributed by atoms with Crippen molar-refractivity contribution in [3.8, 4) is 23.1 Å². The molecule has 0 unspecified atom stereocenters. The van der Waals surface area contributed by atoms with E-state index in [0.29, 0.717) is 22.9 Å². The molecule has 9 nitrogen and oxygen atoms in total. The lowest BCUT2D eigenvalue weighted by molar-refractivity contribution is -0.139. The zero-order valence-corrected chi connectivity index (χ0v) is 16.6. The number of ether oxygens (including phenoxy) is 2. The molecule has 3 heterocycles. The Hall–Kier alpha value is -4.40. The van der Waals surface area contributed by atoms with Crippen LogP contribution in [-0.4, -0.2) is 36.4 Å². The molecular formula is C22H17N3O6. The molecular weight excluding hydrogens is 402 g/mol. The Balaban J connectivity index is 1.69. The van der Waals surface area contributed by atoms with Crippen molar-refractivity contribution in [1.82, 2.24) is 10.2 Å². The number of methoxy groups -OCH3 is 2. The van der Waals surface area contributed by atoms with Gasteiger partial charge in [0.05, 0.1) is 26.1 Å². The van der Waals surface area contributed by atoms with E-state index in [1.807, 2.05) is 0 Å². The van der Waals surface area contributed by atoms with Crippen LogP contribution in [0.25, 0.3) is 23.1 Å². The molecule has 0 spiro atoms. The summed E-state index contributed by atoms with van der Waals surface area (Å²) in [6.07, 6.45) is 8.00. The minimum atomic E-state index is -0.680. The van der Waals surface area contributed by atoms with Crippen LogP contribution in [0.3, 0.4) is 0 Å². The summed E-state index contributed by atoms with van der Waals surface area (Å²) in [5, 5.41) is 8.03. The molecule has 1 aliphatic heterocycles. The number of rotatable bonds is 5. The van der Waals surface area contributed by atoms with Gasteiger partial charge in [-0.3, -0.25) is 0 Å². The highest BCUT2D eigenvalue weighted by molar-refractivity contribution is 6.05. The summed E-state index contributed by atoms with van der Waals surface area (Å²) in [5.41, 5.74) is 1.38. The van der Waals surface area contributed by atoms with Crippen molar-refractivity contribution in [3.63, 3.8) is 0 Å². The maximum absolute atomic E-state index is 12.5. The first-order valence-corrected chi connectivity index (χ1v) is 9.15. The fraction of sp³-hybridized carbons (Fsp3) is 0.0909. The summed E-state index contributed by atoms with van der Waals surface area (Å²) in [5.74, 6) is -0.283. The van der Waals surface area contributed by atoms with Crippen molar-refractivity contribution >= 4 is 17.6 Å². The Bertz CT molecular complexity index is 1190. The second kappa shape index (κ2) is 8.54. The smallest absolute Gasteiger partial charge is 0.355 e. The fourth-order valence-electron chi connectivity index (χ4n) is 2.97. The number of furan rings is 1. The van der Waals surface area contributed by atoms with Crippen molar-refractivity contribution in [3.05, 3.63) is 78.4 Å². The molecule has 0 saturated heterocycles. The summed E-state index contributed by atoms with van der Waals surface area (Å²) in [6.45, 7) is 0. The Morgan fingerprint density at radius 3 is 2.35 bits per heavy atom. The highest BCUT2D eigenvalue weighted by atomic mass is 16.5. The molecule has 1 aliphatic rings. The second-order valence-corrected chi connectivity index (χ2v) is 6.25. The van der Waals surface area contributed by atoms with Gasteiger partial charge in [0.2, 0.25) is 5.89 Å². The third-order valence-electron chi connectivity index (χ3n) is 4.44. The first-order valence-electron chi connectivity index (χ1n) is 9.15. The zero-order valence-electron chi connectivity index (χ0n) is 16.6. The first kappa shape index (κ1) is 19.9. The van der Waals surface area contributed by atoms with Crippen LogP contribution in [0, 0.1) is 0 Å². The number of allylic oxidation sites excluding steroid dienone is 2. The van der Waals surface area contributed by atoms with Gasteiger partial charge < -0.3 is 23.2 Å². The standard InChI is InChI=1S/C22H17N3O6/c1-28-21(26)16-6-3-4-12-25(18(16)22(27)29-2)15-10-8-14(9-11-15)19-23-24-20(31-19)17-7-5-13-30-17/h3-13H,1-2H3. The van der Waals surface area contributed by atoms with E-state index in [2.05, 4.69) is 10.2 Å². The third-order valence-corrected chi connectivity index (χ3v) is 4.44. The minimum Gasteiger partial charge on any atom is -0.465 e. The molecule has 3 aromatic rings. The van der Waals surface area contributed by atoms with Crippen LogP contribution in [0.2, 0.25) is 0 Å². The molecule has 0 saturated carbocycles. The van der Waals surface area contributed by atoms with Crippen molar-refractivity contribution in [1.29, 1.82) is 0 Å². The van der Waals surface area contributed by atoms with Gasteiger partial charge >= 0.3 is 11.9 Å². The number of anilines is 1. The van der Waals surface area contributed by atoms with Crippen molar-refractivity contribution in [2.24, 2.45) is 0 Å². The number of carbonyl (C=O) groups excluding carboxylic acids is 2. The molecule has 156 valence electrons.